The van der Waals surface area contributed by atoms with E-state index in [0.717, 1.165) is 109 Å². The maximum absolute atomic E-state index is 13.0. The average molecular weight is 1270 g/mol. The Morgan fingerprint density at radius 2 is 0.535 bits per heavy atom. The lowest BCUT2D eigenvalue weighted by Gasteiger charge is -2.21. The van der Waals surface area contributed by atoms with Crippen molar-refractivity contribution in [3.63, 3.8) is 0 Å². The number of phosphoric ester groups is 2. The summed E-state index contributed by atoms with van der Waals surface area (Å²) in [6.45, 7) is 7.17. The highest BCUT2D eigenvalue weighted by Gasteiger charge is 2.30. The fourth-order valence-electron chi connectivity index (χ4n) is 10.1. The molecule has 2 unspecified atom stereocenters. The third-order valence-corrected chi connectivity index (χ3v) is 17.4. The monoisotopic (exact) mass is 1270 g/mol. The Bertz CT molecular complexity index is 1670. The number of hydrogen-bond acceptors (Lipinski definition) is 15. The molecule has 0 aromatic carbocycles. The fourth-order valence-corrected chi connectivity index (χ4v) is 11.7. The van der Waals surface area contributed by atoms with Crippen LogP contribution in [0.4, 0.5) is 0 Å². The van der Waals surface area contributed by atoms with Crippen molar-refractivity contribution in [1.29, 1.82) is 0 Å². The first-order valence-corrected chi connectivity index (χ1v) is 38.1. The minimum absolute atomic E-state index is 0.107. The average Bonchev–Trinajstić information content (AvgIpc) is 3.64. The van der Waals surface area contributed by atoms with E-state index >= 15 is 0 Å². The van der Waals surface area contributed by atoms with Crippen LogP contribution in [0.25, 0.3) is 0 Å². The zero-order chi connectivity index (χ0) is 63.5. The van der Waals surface area contributed by atoms with Crippen LogP contribution in [-0.2, 0) is 65.4 Å². The predicted molar refractivity (Wildman–Crippen MR) is 345 cm³/mol. The highest BCUT2D eigenvalue weighted by molar-refractivity contribution is 7.47. The molecule has 510 valence electrons. The van der Waals surface area contributed by atoms with Gasteiger partial charge in [-0.15, -0.1) is 0 Å². The van der Waals surface area contributed by atoms with Gasteiger partial charge in [0.2, 0.25) is 0 Å². The van der Waals surface area contributed by atoms with Gasteiger partial charge in [-0.2, -0.15) is 0 Å². The van der Waals surface area contributed by atoms with Gasteiger partial charge in [-0.3, -0.25) is 37.3 Å². The van der Waals surface area contributed by atoms with E-state index in [1.165, 1.54) is 154 Å². The summed E-state index contributed by atoms with van der Waals surface area (Å²) in [7, 11) is -9.89. The highest BCUT2D eigenvalue weighted by atomic mass is 31.2. The zero-order valence-corrected chi connectivity index (χ0v) is 57.2. The summed E-state index contributed by atoms with van der Waals surface area (Å²) in [5, 5.41) is 10.6. The minimum atomic E-state index is -4.95. The third kappa shape index (κ3) is 60.9. The van der Waals surface area contributed by atoms with Crippen molar-refractivity contribution in [1.82, 2.24) is 0 Å². The Morgan fingerprint density at radius 3 is 0.791 bits per heavy atom. The molecule has 0 fully saturated rings. The standard InChI is InChI=1S/C67H130O17P2/c1-6-9-12-15-18-20-22-24-25-26-28-32-38-43-48-53-67(72)84-63(57-78-65(70)51-46-41-36-33-29-30-35-39-44-49-60(4)5)59-82-86(75,76)80-55-61(68)54-79-85(73,74)81-58-62(56-77-64(69)50-45-40-34-17-14-11-8-3)83-66(71)52-47-42-37-31-27-23-21-19-16-13-10-7-2/h60-63,68H,6-59H2,1-5H3,(H,73,74)(H,75,76)/t61-,62+,63+/m0/s1. The second-order valence-corrected chi connectivity index (χ2v) is 27.6. The van der Waals surface area contributed by atoms with Crippen LogP contribution in [0.15, 0.2) is 0 Å². The van der Waals surface area contributed by atoms with Crippen molar-refractivity contribution in [3.05, 3.63) is 0 Å². The smallest absolute Gasteiger partial charge is 0.462 e. The van der Waals surface area contributed by atoms with Gasteiger partial charge in [-0.05, 0) is 31.6 Å². The molecule has 0 aromatic rings. The summed E-state index contributed by atoms with van der Waals surface area (Å²) in [5.41, 5.74) is 0. The summed E-state index contributed by atoms with van der Waals surface area (Å²) in [5.74, 6) is -1.39. The minimum Gasteiger partial charge on any atom is -0.462 e. The summed E-state index contributed by atoms with van der Waals surface area (Å²) in [4.78, 5) is 72.3. The summed E-state index contributed by atoms with van der Waals surface area (Å²) in [6, 6.07) is 0. The summed E-state index contributed by atoms with van der Waals surface area (Å²) >= 11 is 0. The van der Waals surface area contributed by atoms with Crippen LogP contribution >= 0.6 is 15.6 Å². The van der Waals surface area contributed by atoms with Gasteiger partial charge in [-0.25, -0.2) is 9.13 Å². The van der Waals surface area contributed by atoms with Crippen LogP contribution in [0.3, 0.4) is 0 Å². The number of hydrogen-bond donors (Lipinski definition) is 3. The van der Waals surface area contributed by atoms with Crippen LogP contribution < -0.4 is 0 Å². The molecule has 0 aliphatic rings. The van der Waals surface area contributed by atoms with Crippen molar-refractivity contribution in [2.45, 2.75) is 361 Å². The maximum atomic E-state index is 13.0. The molecule has 0 saturated carbocycles. The molecule has 0 saturated heterocycles. The van der Waals surface area contributed by atoms with Crippen LogP contribution in [0.2, 0.25) is 0 Å². The lowest BCUT2D eigenvalue weighted by Crippen LogP contribution is -2.30. The van der Waals surface area contributed by atoms with Crippen LogP contribution in [0.1, 0.15) is 343 Å². The van der Waals surface area contributed by atoms with Crippen molar-refractivity contribution in [2.24, 2.45) is 5.92 Å². The molecule has 0 heterocycles. The normalized spacial score (nSPS) is 14.2. The SMILES string of the molecule is CCCCCCCCCCCCCCCCCC(=O)O[C@H](COC(=O)CCCCCCCCCCCC(C)C)COP(=O)(O)OC[C@@H](O)COP(=O)(O)OC[C@@H](COC(=O)CCCCCCCCC)OC(=O)CCCCCCCCCCCCCC. The first-order chi connectivity index (χ1) is 41.5. The lowest BCUT2D eigenvalue weighted by molar-refractivity contribution is -0.161. The lowest BCUT2D eigenvalue weighted by atomic mass is 10.0. The van der Waals surface area contributed by atoms with Crippen LogP contribution in [0.5, 0.6) is 0 Å². The van der Waals surface area contributed by atoms with Gasteiger partial charge in [0.05, 0.1) is 26.4 Å². The first kappa shape index (κ1) is 84.1. The molecule has 0 spiro atoms. The van der Waals surface area contributed by atoms with E-state index < -0.39 is 97.5 Å². The quantitative estimate of drug-likeness (QED) is 0.0222. The molecule has 0 aliphatic carbocycles. The molecule has 0 bridgehead atoms. The number of carbonyl (C=O) groups is 4. The first-order valence-electron chi connectivity index (χ1n) is 35.1. The zero-order valence-electron chi connectivity index (χ0n) is 55.4. The topological polar surface area (TPSA) is 237 Å². The number of esters is 4. The second-order valence-electron chi connectivity index (χ2n) is 24.7. The molecule has 17 nitrogen and oxygen atoms in total. The Kier molecular flexibility index (Phi) is 59.2. The van der Waals surface area contributed by atoms with Crippen molar-refractivity contribution < 1.29 is 80.2 Å². The molecule has 0 aliphatic heterocycles. The number of ether oxygens (including phenoxy) is 4. The Morgan fingerprint density at radius 1 is 0.314 bits per heavy atom. The molecule has 0 aromatic heterocycles. The number of phosphoric acid groups is 2. The summed E-state index contributed by atoms with van der Waals surface area (Å²) in [6.07, 6.45) is 45.8. The molecule has 0 rings (SSSR count). The van der Waals surface area contributed by atoms with E-state index in [-0.39, 0.29) is 25.7 Å². The molecule has 5 atom stereocenters. The molecule has 0 amide bonds. The van der Waals surface area contributed by atoms with Crippen molar-refractivity contribution in [2.75, 3.05) is 39.6 Å². The fraction of sp³-hybridized carbons (Fsp3) is 0.940. The number of rotatable bonds is 67. The van der Waals surface area contributed by atoms with E-state index in [2.05, 4.69) is 34.6 Å². The van der Waals surface area contributed by atoms with Crippen molar-refractivity contribution in [3.8, 4) is 0 Å². The number of carbonyl (C=O) groups excluding carboxylic acids is 4. The molecule has 19 heteroatoms. The van der Waals surface area contributed by atoms with E-state index in [4.69, 9.17) is 37.0 Å². The molecule has 0 radical (unpaired) electrons. The Labute approximate surface area is 524 Å². The Balaban J connectivity index is 5.21. The highest BCUT2D eigenvalue weighted by Crippen LogP contribution is 2.45. The van der Waals surface area contributed by atoms with Crippen LogP contribution in [-0.4, -0.2) is 96.7 Å². The van der Waals surface area contributed by atoms with Gasteiger partial charge in [0, 0.05) is 25.7 Å². The van der Waals surface area contributed by atoms with E-state index in [1.807, 2.05) is 0 Å². The molecular formula is C67H130O17P2. The van der Waals surface area contributed by atoms with E-state index in [1.54, 1.807) is 0 Å². The van der Waals surface area contributed by atoms with Crippen molar-refractivity contribution >= 4 is 39.5 Å². The summed E-state index contributed by atoms with van der Waals surface area (Å²) < 4.78 is 68.1. The number of aliphatic hydroxyl groups is 1. The number of aliphatic hydroxyl groups excluding tert-OH is 1. The van der Waals surface area contributed by atoms with E-state index in [9.17, 15) is 43.2 Å². The molecule has 3 N–H and O–H groups in total. The predicted octanol–water partition coefficient (Wildman–Crippen LogP) is 19.0. The Hall–Kier alpha value is -1.94. The maximum Gasteiger partial charge on any atom is 0.472 e. The largest absolute Gasteiger partial charge is 0.472 e. The second kappa shape index (κ2) is 60.6. The van der Waals surface area contributed by atoms with Gasteiger partial charge in [0.15, 0.2) is 12.2 Å². The molecule has 86 heavy (non-hydrogen) atoms. The number of unbranched alkanes of at least 4 members (excludes halogenated alkanes) is 39. The molecular weight excluding hydrogens is 1140 g/mol. The third-order valence-electron chi connectivity index (χ3n) is 15.5. The van der Waals surface area contributed by atoms with Crippen LogP contribution in [0, 0.1) is 5.92 Å². The van der Waals surface area contributed by atoms with Gasteiger partial charge in [-0.1, -0.05) is 291 Å². The van der Waals surface area contributed by atoms with Gasteiger partial charge in [0.25, 0.3) is 0 Å². The van der Waals surface area contributed by atoms with E-state index in [0.29, 0.717) is 25.7 Å². The van der Waals surface area contributed by atoms with Gasteiger partial charge in [0.1, 0.15) is 19.3 Å². The van der Waals surface area contributed by atoms with Gasteiger partial charge >= 0.3 is 39.5 Å². The van der Waals surface area contributed by atoms with Gasteiger partial charge < -0.3 is 33.8 Å².